The fourth-order valence-electron chi connectivity index (χ4n) is 2.24. The number of hydrogen-bond acceptors (Lipinski definition) is 3. The third-order valence-corrected chi connectivity index (χ3v) is 4.25. The molecule has 0 aliphatic carbocycles. The van der Waals surface area contributed by atoms with Crippen LogP contribution in [0.15, 0.2) is 30.9 Å². The van der Waals surface area contributed by atoms with E-state index in [9.17, 15) is 4.39 Å². The SMILES string of the molecule is C=CCN(C)Cc1c(CNC)sc2cccc(F)c12. The summed E-state index contributed by atoms with van der Waals surface area (Å²) in [5.74, 6) is -0.127. The zero-order valence-corrected chi connectivity index (χ0v) is 12.2. The Hall–Kier alpha value is -1.23. The summed E-state index contributed by atoms with van der Waals surface area (Å²) in [6.07, 6.45) is 1.86. The topological polar surface area (TPSA) is 15.3 Å². The molecule has 1 heterocycles. The molecule has 1 N–H and O–H groups in total. The minimum absolute atomic E-state index is 0.127. The molecule has 1 aromatic carbocycles. The van der Waals surface area contributed by atoms with E-state index in [1.807, 2.05) is 26.2 Å². The maximum Gasteiger partial charge on any atom is 0.132 e. The van der Waals surface area contributed by atoms with Crippen LogP contribution in [0.3, 0.4) is 0 Å². The molecule has 102 valence electrons. The lowest BCUT2D eigenvalue weighted by atomic mass is 10.1. The molecule has 1 aromatic heterocycles. The summed E-state index contributed by atoms with van der Waals surface area (Å²) in [7, 11) is 3.94. The second-order valence-corrected chi connectivity index (χ2v) is 5.77. The standard InChI is InChI=1S/C15H19FN2S/c1-4-8-18(3)10-11-14(9-17-2)19-13-7-5-6-12(16)15(11)13/h4-7,17H,1,8-10H2,2-3H3. The van der Waals surface area contributed by atoms with Gasteiger partial charge in [-0.05, 0) is 31.8 Å². The Morgan fingerprint density at radius 3 is 2.95 bits per heavy atom. The number of nitrogens with one attached hydrogen (secondary N) is 1. The van der Waals surface area contributed by atoms with Gasteiger partial charge in [-0.3, -0.25) is 4.90 Å². The van der Waals surface area contributed by atoms with Crippen LogP contribution in [0.25, 0.3) is 10.1 Å². The molecule has 0 atom stereocenters. The minimum Gasteiger partial charge on any atom is -0.315 e. The van der Waals surface area contributed by atoms with Crippen LogP contribution >= 0.6 is 11.3 Å². The van der Waals surface area contributed by atoms with Crippen LogP contribution in [0.5, 0.6) is 0 Å². The summed E-state index contributed by atoms with van der Waals surface area (Å²) in [5, 5.41) is 3.93. The average Bonchev–Trinajstić information content (AvgIpc) is 2.70. The first-order valence-corrected chi connectivity index (χ1v) is 7.11. The molecule has 0 saturated heterocycles. The Morgan fingerprint density at radius 2 is 2.26 bits per heavy atom. The van der Waals surface area contributed by atoms with Crippen molar-refractivity contribution < 1.29 is 4.39 Å². The molecule has 0 bridgehead atoms. The lowest BCUT2D eigenvalue weighted by Gasteiger charge is -2.15. The maximum absolute atomic E-state index is 14.1. The maximum atomic E-state index is 14.1. The average molecular weight is 278 g/mol. The monoisotopic (exact) mass is 278 g/mol. The van der Waals surface area contributed by atoms with Crippen molar-refractivity contribution in [1.82, 2.24) is 10.2 Å². The van der Waals surface area contributed by atoms with Crippen molar-refractivity contribution in [2.45, 2.75) is 13.1 Å². The van der Waals surface area contributed by atoms with E-state index >= 15 is 0 Å². The van der Waals surface area contributed by atoms with Gasteiger partial charge >= 0.3 is 0 Å². The summed E-state index contributed by atoms with van der Waals surface area (Å²) in [6, 6.07) is 5.29. The van der Waals surface area contributed by atoms with E-state index in [0.29, 0.717) is 0 Å². The van der Waals surface area contributed by atoms with E-state index in [1.165, 1.54) is 10.9 Å². The zero-order valence-electron chi connectivity index (χ0n) is 11.4. The number of benzene rings is 1. The van der Waals surface area contributed by atoms with Crippen LogP contribution in [0, 0.1) is 5.82 Å². The van der Waals surface area contributed by atoms with Gasteiger partial charge < -0.3 is 5.32 Å². The molecule has 0 unspecified atom stereocenters. The van der Waals surface area contributed by atoms with E-state index in [4.69, 9.17) is 0 Å². The largest absolute Gasteiger partial charge is 0.315 e. The molecule has 0 amide bonds. The van der Waals surface area contributed by atoms with Gasteiger partial charge in [0.05, 0.1) is 0 Å². The van der Waals surface area contributed by atoms with Crippen LogP contribution in [-0.4, -0.2) is 25.5 Å². The molecule has 2 aromatic rings. The number of hydrogen-bond donors (Lipinski definition) is 1. The molecule has 0 aliphatic rings. The summed E-state index contributed by atoms with van der Waals surface area (Å²) >= 11 is 1.67. The first-order valence-electron chi connectivity index (χ1n) is 6.30. The highest BCUT2D eigenvalue weighted by atomic mass is 32.1. The van der Waals surface area contributed by atoms with Crippen molar-refractivity contribution in [3.05, 3.63) is 47.1 Å². The Labute approximate surface area is 117 Å². The van der Waals surface area contributed by atoms with Crippen molar-refractivity contribution in [2.24, 2.45) is 0 Å². The van der Waals surface area contributed by atoms with Gasteiger partial charge in [0.15, 0.2) is 0 Å². The van der Waals surface area contributed by atoms with E-state index in [0.717, 1.165) is 35.3 Å². The Bertz CT molecular complexity index is 577. The van der Waals surface area contributed by atoms with Gasteiger partial charge in [-0.2, -0.15) is 0 Å². The Balaban J connectivity index is 2.47. The lowest BCUT2D eigenvalue weighted by molar-refractivity contribution is 0.364. The summed E-state index contributed by atoms with van der Waals surface area (Å²) in [4.78, 5) is 3.35. The molecular formula is C15H19FN2S. The summed E-state index contributed by atoms with van der Waals surface area (Å²) in [5.41, 5.74) is 1.09. The highest BCUT2D eigenvalue weighted by Crippen LogP contribution is 2.33. The number of thiophene rings is 1. The molecule has 0 fully saturated rings. The summed E-state index contributed by atoms with van der Waals surface area (Å²) < 4.78 is 15.1. The molecule has 2 rings (SSSR count). The first kappa shape index (κ1) is 14.2. The number of likely N-dealkylation sites (N-methyl/N-ethyl adjacent to an activating group) is 1. The predicted octanol–water partition coefficient (Wildman–Crippen LogP) is 3.38. The third kappa shape index (κ3) is 3.03. The highest BCUT2D eigenvalue weighted by molar-refractivity contribution is 7.19. The first-order chi connectivity index (χ1) is 9.17. The van der Waals surface area contributed by atoms with Crippen molar-refractivity contribution in [1.29, 1.82) is 0 Å². The van der Waals surface area contributed by atoms with Gasteiger partial charge in [-0.15, -0.1) is 17.9 Å². The van der Waals surface area contributed by atoms with Crippen LogP contribution in [0.2, 0.25) is 0 Å². The number of fused-ring (bicyclic) bond motifs is 1. The fraction of sp³-hybridized carbons (Fsp3) is 0.333. The zero-order chi connectivity index (χ0) is 13.8. The molecule has 4 heteroatoms. The van der Waals surface area contributed by atoms with E-state index in [2.05, 4.69) is 16.8 Å². The van der Waals surface area contributed by atoms with Crippen molar-refractivity contribution in [3.63, 3.8) is 0 Å². The van der Waals surface area contributed by atoms with E-state index in [-0.39, 0.29) is 5.82 Å². The van der Waals surface area contributed by atoms with E-state index in [1.54, 1.807) is 17.4 Å². The normalized spacial score (nSPS) is 11.4. The Morgan fingerprint density at radius 1 is 1.47 bits per heavy atom. The van der Waals surface area contributed by atoms with Crippen LogP contribution in [-0.2, 0) is 13.1 Å². The van der Waals surface area contributed by atoms with Gasteiger partial charge in [0.25, 0.3) is 0 Å². The fourth-order valence-corrected chi connectivity index (χ4v) is 3.48. The third-order valence-electron chi connectivity index (χ3n) is 3.05. The van der Waals surface area contributed by atoms with Gasteiger partial charge in [0, 0.05) is 34.6 Å². The molecule has 0 aliphatic heterocycles. The molecule has 2 nitrogen and oxygen atoms in total. The molecule has 0 saturated carbocycles. The quantitative estimate of drug-likeness (QED) is 0.815. The molecule has 0 spiro atoms. The number of halogens is 1. The molecule has 0 radical (unpaired) electrons. The molecular weight excluding hydrogens is 259 g/mol. The smallest absolute Gasteiger partial charge is 0.132 e. The van der Waals surface area contributed by atoms with E-state index < -0.39 is 0 Å². The molecule has 19 heavy (non-hydrogen) atoms. The number of rotatable bonds is 6. The van der Waals surface area contributed by atoms with Gasteiger partial charge in [-0.1, -0.05) is 12.1 Å². The van der Waals surface area contributed by atoms with Crippen LogP contribution < -0.4 is 5.32 Å². The van der Waals surface area contributed by atoms with Gasteiger partial charge in [-0.25, -0.2) is 4.39 Å². The van der Waals surface area contributed by atoms with Crippen LogP contribution in [0.4, 0.5) is 4.39 Å². The van der Waals surface area contributed by atoms with Gasteiger partial charge in [0.2, 0.25) is 0 Å². The highest BCUT2D eigenvalue weighted by Gasteiger charge is 2.16. The Kier molecular flexibility index (Phi) is 4.69. The second-order valence-electron chi connectivity index (χ2n) is 4.63. The van der Waals surface area contributed by atoms with Crippen LogP contribution in [0.1, 0.15) is 10.4 Å². The second kappa shape index (κ2) is 6.28. The van der Waals surface area contributed by atoms with Gasteiger partial charge in [0.1, 0.15) is 5.82 Å². The van der Waals surface area contributed by atoms with Crippen molar-refractivity contribution >= 4 is 21.4 Å². The number of nitrogens with zero attached hydrogens (tertiary/aromatic N) is 1. The lowest BCUT2D eigenvalue weighted by Crippen LogP contribution is -2.18. The van der Waals surface area contributed by atoms with Crippen molar-refractivity contribution in [2.75, 3.05) is 20.6 Å². The predicted molar refractivity (Wildman–Crippen MR) is 81.1 cm³/mol. The van der Waals surface area contributed by atoms with Crippen molar-refractivity contribution in [3.8, 4) is 0 Å². The summed E-state index contributed by atoms with van der Waals surface area (Å²) in [6.45, 7) is 6.05. The minimum atomic E-state index is -0.127.